The van der Waals surface area contributed by atoms with Crippen molar-refractivity contribution in [3.05, 3.63) is 65.4 Å². The maximum absolute atomic E-state index is 12.5. The number of carbonyl (C=O) groups is 1. The van der Waals surface area contributed by atoms with Crippen molar-refractivity contribution in [3.8, 4) is 6.07 Å². The Morgan fingerprint density at radius 3 is 2.65 bits per heavy atom. The lowest BCUT2D eigenvalue weighted by atomic mass is 10.1. The molecule has 23 heavy (non-hydrogen) atoms. The minimum Gasteiger partial charge on any atom is -0.369 e. The van der Waals surface area contributed by atoms with Crippen LogP contribution in [0.1, 0.15) is 27.8 Å². The Bertz CT molecular complexity index is 993. The molecular formula is C17H10N4O2. The van der Waals surface area contributed by atoms with Crippen LogP contribution in [0.2, 0.25) is 0 Å². The predicted octanol–water partition coefficient (Wildman–Crippen LogP) is 2.15. The van der Waals surface area contributed by atoms with Gasteiger partial charge in [-0.25, -0.2) is 9.97 Å². The van der Waals surface area contributed by atoms with E-state index >= 15 is 0 Å². The van der Waals surface area contributed by atoms with E-state index in [-0.39, 0.29) is 11.6 Å². The summed E-state index contributed by atoms with van der Waals surface area (Å²) in [5.74, 6) is -0.00909. The van der Waals surface area contributed by atoms with Gasteiger partial charge in [0.15, 0.2) is 11.9 Å². The molecule has 3 heterocycles. The third kappa shape index (κ3) is 1.95. The largest absolute Gasteiger partial charge is 0.369 e. The molecule has 1 N–H and O–H groups in total. The summed E-state index contributed by atoms with van der Waals surface area (Å²) in [6, 6.07) is 15.6. The molecule has 6 nitrogen and oxygen atoms in total. The maximum atomic E-state index is 12.5. The highest BCUT2D eigenvalue weighted by atomic mass is 16.3. The lowest BCUT2D eigenvalue weighted by Crippen LogP contribution is -2.28. The van der Waals surface area contributed by atoms with Crippen molar-refractivity contribution in [3.63, 3.8) is 0 Å². The molecule has 1 aliphatic rings. The summed E-state index contributed by atoms with van der Waals surface area (Å²) < 4.78 is 0. The summed E-state index contributed by atoms with van der Waals surface area (Å²) in [5.41, 5.74) is 1.62. The van der Waals surface area contributed by atoms with Crippen LogP contribution in [0.5, 0.6) is 0 Å². The second-order valence-electron chi connectivity index (χ2n) is 5.16. The Morgan fingerprint density at radius 2 is 1.87 bits per heavy atom. The molecule has 0 fully saturated rings. The van der Waals surface area contributed by atoms with Crippen molar-refractivity contribution in [2.45, 2.75) is 6.23 Å². The normalized spacial score (nSPS) is 16.4. The summed E-state index contributed by atoms with van der Waals surface area (Å²) in [6.45, 7) is 0. The van der Waals surface area contributed by atoms with Crippen LogP contribution in [0, 0.1) is 11.3 Å². The smallest absolute Gasteiger partial charge is 0.262 e. The van der Waals surface area contributed by atoms with E-state index in [1.54, 1.807) is 48.5 Å². The fourth-order valence-corrected chi connectivity index (χ4v) is 2.71. The monoisotopic (exact) mass is 302 g/mol. The second kappa shape index (κ2) is 4.87. The molecule has 4 rings (SSSR count). The van der Waals surface area contributed by atoms with Gasteiger partial charge in [-0.2, -0.15) is 5.26 Å². The molecule has 0 aliphatic carbocycles. The van der Waals surface area contributed by atoms with Crippen molar-refractivity contribution >= 4 is 22.8 Å². The number of hydrogen-bond acceptors (Lipinski definition) is 5. The van der Waals surface area contributed by atoms with Crippen molar-refractivity contribution < 1.29 is 9.90 Å². The first-order valence-corrected chi connectivity index (χ1v) is 6.97. The minimum atomic E-state index is -1.08. The minimum absolute atomic E-state index is 0.249. The highest BCUT2D eigenvalue weighted by molar-refractivity contribution is 6.10. The van der Waals surface area contributed by atoms with Crippen LogP contribution in [-0.2, 0) is 0 Å². The average Bonchev–Trinajstić information content (AvgIpc) is 2.85. The number of nitriles is 1. The Labute approximate surface area is 131 Å². The molecule has 6 heteroatoms. The average molecular weight is 302 g/mol. The van der Waals surface area contributed by atoms with E-state index in [0.29, 0.717) is 22.6 Å². The highest BCUT2D eigenvalue weighted by Gasteiger charge is 2.37. The van der Waals surface area contributed by atoms with Crippen molar-refractivity contribution in [1.82, 2.24) is 9.97 Å². The van der Waals surface area contributed by atoms with E-state index < -0.39 is 6.23 Å². The van der Waals surface area contributed by atoms with Crippen molar-refractivity contribution in [1.29, 1.82) is 5.26 Å². The number of aromatic nitrogens is 2. The first-order chi connectivity index (χ1) is 11.2. The molecule has 2 aromatic heterocycles. The number of rotatable bonds is 1. The molecular weight excluding hydrogens is 292 g/mol. The summed E-state index contributed by atoms with van der Waals surface area (Å²) in [6.07, 6.45) is -1.08. The molecule has 1 amide bonds. The van der Waals surface area contributed by atoms with Crippen molar-refractivity contribution in [2.75, 3.05) is 4.90 Å². The highest BCUT2D eigenvalue weighted by Crippen LogP contribution is 2.35. The zero-order valence-corrected chi connectivity index (χ0v) is 11.8. The van der Waals surface area contributed by atoms with Gasteiger partial charge in [0.25, 0.3) is 5.91 Å². The SMILES string of the molecule is N#Cc1ccc2ccc(N3C(=O)c4ccccc4C3O)nc2n1. The standard InChI is InChI=1S/C17H10N4O2/c18-9-11-7-5-10-6-8-14(20-15(10)19-11)21-16(22)12-3-1-2-4-13(12)17(21)23/h1-8,16,22H. The summed E-state index contributed by atoms with van der Waals surface area (Å²) >= 11 is 0. The third-order valence-electron chi connectivity index (χ3n) is 3.83. The van der Waals surface area contributed by atoms with Crippen LogP contribution < -0.4 is 4.90 Å². The topological polar surface area (TPSA) is 90.1 Å². The van der Waals surface area contributed by atoms with E-state index in [0.717, 1.165) is 5.39 Å². The molecule has 1 unspecified atom stereocenters. The Morgan fingerprint density at radius 1 is 1.09 bits per heavy atom. The number of benzene rings is 1. The fraction of sp³-hybridized carbons (Fsp3) is 0.0588. The van der Waals surface area contributed by atoms with Gasteiger partial charge in [-0.05, 0) is 30.3 Å². The van der Waals surface area contributed by atoms with Crippen LogP contribution in [0.3, 0.4) is 0 Å². The predicted molar refractivity (Wildman–Crippen MR) is 82.5 cm³/mol. The quantitative estimate of drug-likeness (QED) is 0.744. The van der Waals surface area contributed by atoms with Crippen LogP contribution in [-0.4, -0.2) is 21.0 Å². The number of amides is 1. The zero-order chi connectivity index (χ0) is 16.0. The molecule has 3 aromatic rings. The first kappa shape index (κ1) is 13.4. The molecule has 1 aromatic carbocycles. The molecule has 0 spiro atoms. The fourth-order valence-electron chi connectivity index (χ4n) is 2.71. The number of anilines is 1. The molecule has 0 saturated heterocycles. The summed E-state index contributed by atoms with van der Waals surface area (Å²) in [4.78, 5) is 22.2. The van der Waals surface area contributed by atoms with Gasteiger partial charge in [0, 0.05) is 16.5 Å². The number of pyridine rings is 2. The van der Waals surface area contributed by atoms with Gasteiger partial charge in [-0.15, -0.1) is 0 Å². The van der Waals surface area contributed by atoms with E-state index in [2.05, 4.69) is 9.97 Å². The number of aliphatic hydroxyl groups excluding tert-OH is 1. The maximum Gasteiger partial charge on any atom is 0.262 e. The van der Waals surface area contributed by atoms with Gasteiger partial charge in [0.1, 0.15) is 17.6 Å². The first-order valence-electron chi connectivity index (χ1n) is 6.97. The van der Waals surface area contributed by atoms with E-state index in [1.165, 1.54) is 4.90 Å². The lowest BCUT2D eigenvalue weighted by Gasteiger charge is -2.19. The number of aliphatic hydroxyl groups is 1. The van der Waals surface area contributed by atoms with Gasteiger partial charge in [0.2, 0.25) is 0 Å². The lowest BCUT2D eigenvalue weighted by molar-refractivity contribution is 0.0933. The third-order valence-corrected chi connectivity index (χ3v) is 3.83. The molecule has 0 radical (unpaired) electrons. The van der Waals surface area contributed by atoms with E-state index in [9.17, 15) is 9.90 Å². The molecule has 1 atom stereocenters. The molecule has 0 saturated carbocycles. The van der Waals surface area contributed by atoms with Gasteiger partial charge in [0.05, 0.1) is 0 Å². The molecule has 110 valence electrons. The summed E-state index contributed by atoms with van der Waals surface area (Å²) in [7, 11) is 0. The van der Waals surface area contributed by atoms with Gasteiger partial charge < -0.3 is 5.11 Å². The molecule has 0 bridgehead atoms. The number of nitrogens with zero attached hydrogens (tertiary/aromatic N) is 4. The van der Waals surface area contributed by atoms with Crippen LogP contribution in [0.15, 0.2) is 48.5 Å². The van der Waals surface area contributed by atoms with Crippen LogP contribution in [0.4, 0.5) is 5.82 Å². The second-order valence-corrected chi connectivity index (χ2v) is 5.16. The Kier molecular flexibility index (Phi) is 2.83. The van der Waals surface area contributed by atoms with Crippen molar-refractivity contribution in [2.24, 2.45) is 0 Å². The number of carbonyl (C=O) groups excluding carboxylic acids is 1. The van der Waals surface area contributed by atoms with E-state index in [1.807, 2.05) is 6.07 Å². The zero-order valence-electron chi connectivity index (χ0n) is 11.8. The number of fused-ring (bicyclic) bond motifs is 2. The number of hydrogen-bond donors (Lipinski definition) is 1. The van der Waals surface area contributed by atoms with Crippen LogP contribution >= 0.6 is 0 Å². The Hall–Kier alpha value is -3.30. The Balaban J connectivity index is 1.84. The van der Waals surface area contributed by atoms with Gasteiger partial charge in [-0.1, -0.05) is 18.2 Å². The van der Waals surface area contributed by atoms with E-state index in [4.69, 9.17) is 5.26 Å². The van der Waals surface area contributed by atoms with Gasteiger partial charge in [-0.3, -0.25) is 9.69 Å². The molecule has 1 aliphatic heterocycles. The van der Waals surface area contributed by atoms with Crippen LogP contribution in [0.25, 0.3) is 11.0 Å². The van der Waals surface area contributed by atoms with Gasteiger partial charge >= 0.3 is 0 Å². The summed E-state index contributed by atoms with van der Waals surface area (Å²) in [5, 5.41) is 20.1.